The summed E-state index contributed by atoms with van der Waals surface area (Å²) >= 11 is 7.47. The first-order valence-corrected chi connectivity index (χ1v) is 13.6. The predicted molar refractivity (Wildman–Crippen MR) is 144 cm³/mol. The lowest BCUT2D eigenvalue weighted by atomic mass is 10.1. The van der Waals surface area contributed by atoms with Crippen LogP contribution in [0.1, 0.15) is 9.75 Å². The number of aromatic nitrogens is 2. The van der Waals surface area contributed by atoms with Crippen LogP contribution in [0.15, 0.2) is 60.7 Å². The van der Waals surface area contributed by atoms with Gasteiger partial charge in [-0.15, -0.1) is 45.3 Å². The Morgan fingerprint density at radius 1 is 0.531 bits per heavy atom. The van der Waals surface area contributed by atoms with E-state index in [1.165, 1.54) is 49.4 Å². The number of aryl methyl sites for hydroxylation is 2. The number of hydrogen-bond acceptors (Lipinski definition) is 6. The molecule has 0 atom stereocenters. The van der Waals surface area contributed by atoms with Gasteiger partial charge in [0.2, 0.25) is 0 Å². The highest BCUT2D eigenvalue weighted by atomic mass is 32.1. The minimum absolute atomic E-state index is 0.949. The molecule has 7 rings (SSSR count). The van der Waals surface area contributed by atoms with E-state index in [0.717, 1.165) is 22.1 Å². The molecule has 2 aromatic carbocycles. The van der Waals surface area contributed by atoms with Gasteiger partial charge < -0.3 is 0 Å². The van der Waals surface area contributed by atoms with E-state index in [1.807, 2.05) is 57.5 Å². The lowest BCUT2D eigenvalue weighted by Gasteiger charge is -2.04. The normalized spacial score (nSPS) is 12.1. The van der Waals surface area contributed by atoms with Gasteiger partial charge in [-0.1, -0.05) is 12.1 Å². The number of fused-ring (bicyclic) bond motifs is 7. The second-order valence-electron chi connectivity index (χ2n) is 7.94. The fourth-order valence-corrected chi connectivity index (χ4v) is 8.60. The van der Waals surface area contributed by atoms with Crippen molar-refractivity contribution in [1.82, 2.24) is 9.97 Å². The SMILES string of the molecule is Cc1ccc(-c2cc3c4nc5ccccc5nc4c4cc(-c5ccc(C)s5)sc4c3s2)s1. The number of benzene rings is 2. The summed E-state index contributed by atoms with van der Waals surface area (Å²) in [5.74, 6) is 0. The van der Waals surface area contributed by atoms with Gasteiger partial charge in [0.05, 0.1) is 31.5 Å². The summed E-state index contributed by atoms with van der Waals surface area (Å²) < 4.78 is 2.64. The number of hydrogen-bond donors (Lipinski definition) is 0. The zero-order valence-corrected chi connectivity index (χ0v) is 20.6. The molecular weight excluding hydrogens is 469 g/mol. The molecule has 0 N–H and O–H groups in total. The Morgan fingerprint density at radius 3 is 1.41 bits per heavy atom. The summed E-state index contributed by atoms with van der Waals surface area (Å²) in [4.78, 5) is 18.2. The van der Waals surface area contributed by atoms with E-state index < -0.39 is 0 Å². The maximum atomic E-state index is 5.11. The van der Waals surface area contributed by atoms with Crippen LogP contribution in [0.2, 0.25) is 0 Å². The molecular formula is C26H16N2S4. The lowest BCUT2D eigenvalue weighted by molar-refractivity contribution is 1.42. The summed E-state index contributed by atoms with van der Waals surface area (Å²) in [6.07, 6.45) is 0. The molecule has 0 fully saturated rings. The van der Waals surface area contributed by atoms with Crippen LogP contribution < -0.4 is 0 Å². The van der Waals surface area contributed by atoms with Gasteiger partial charge in [-0.3, -0.25) is 0 Å². The first kappa shape index (κ1) is 18.9. The molecule has 0 bridgehead atoms. The standard InChI is InChI=1S/C26H16N2S4/c1-13-7-9-19(29-13)21-11-15-23-24(28-18-6-4-3-5-17(18)27-23)16-12-22(20-10-8-14(2)30-20)32-26(16)25(15)31-21/h3-12H,1-2H3. The molecule has 0 saturated heterocycles. The van der Waals surface area contributed by atoms with Gasteiger partial charge in [0.1, 0.15) is 0 Å². The van der Waals surface area contributed by atoms with E-state index in [1.54, 1.807) is 0 Å². The van der Waals surface area contributed by atoms with Gasteiger partial charge >= 0.3 is 0 Å². The largest absolute Gasteiger partial charge is 0.244 e. The molecule has 0 amide bonds. The molecule has 7 aromatic rings. The topological polar surface area (TPSA) is 25.8 Å². The highest BCUT2D eigenvalue weighted by molar-refractivity contribution is 7.32. The minimum atomic E-state index is 0.949. The molecule has 5 aromatic heterocycles. The number of para-hydroxylation sites is 2. The average Bonchev–Trinajstić information content (AvgIpc) is 3.57. The fraction of sp³-hybridized carbons (Fsp3) is 0.0769. The molecule has 0 aliphatic heterocycles. The highest BCUT2D eigenvalue weighted by Gasteiger charge is 2.19. The van der Waals surface area contributed by atoms with Crippen LogP contribution in [0.3, 0.4) is 0 Å². The van der Waals surface area contributed by atoms with E-state index in [2.05, 4.69) is 62.4 Å². The molecule has 0 aliphatic rings. The predicted octanol–water partition coefficient (Wildman–Crippen LogP) is 9.29. The van der Waals surface area contributed by atoms with E-state index in [-0.39, 0.29) is 0 Å². The third-order valence-electron chi connectivity index (χ3n) is 5.72. The van der Waals surface area contributed by atoms with Crippen LogP contribution >= 0.6 is 45.3 Å². The van der Waals surface area contributed by atoms with E-state index in [0.29, 0.717) is 0 Å². The van der Waals surface area contributed by atoms with Gasteiger partial charge in [-0.25, -0.2) is 9.97 Å². The van der Waals surface area contributed by atoms with Crippen molar-refractivity contribution in [3.8, 4) is 19.5 Å². The van der Waals surface area contributed by atoms with Crippen molar-refractivity contribution in [1.29, 1.82) is 0 Å². The molecule has 0 unspecified atom stereocenters. The van der Waals surface area contributed by atoms with Crippen molar-refractivity contribution < 1.29 is 0 Å². The molecule has 154 valence electrons. The van der Waals surface area contributed by atoms with Crippen molar-refractivity contribution in [2.45, 2.75) is 13.8 Å². The lowest BCUT2D eigenvalue weighted by Crippen LogP contribution is -1.88. The third-order valence-corrected chi connectivity index (χ3v) is 10.5. The van der Waals surface area contributed by atoms with Crippen molar-refractivity contribution in [2.24, 2.45) is 0 Å². The first-order valence-electron chi connectivity index (χ1n) is 10.3. The average molecular weight is 485 g/mol. The van der Waals surface area contributed by atoms with Crippen LogP contribution in [0, 0.1) is 13.8 Å². The summed E-state index contributed by atoms with van der Waals surface area (Å²) in [6.45, 7) is 4.34. The first-order chi connectivity index (χ1) is 15.6. The fourth-order valence-electron chi connectivity index (χ4n) is 4.22. The van der Waals surface area contributed by atoms with Crippen LogP contribution in [0.4, 0.5) is 0 Å². The monoisotopic (exact) mass is 484 g/mol. The quantitative estimate of drug-likeness (QED) is 0.228. The zero-order valence-electron chi connectivity index (χ0n) is 17.3. The Balaban J connectivity index is 1.63. The molecule has 0 aliphatic carbocycles. The smallest absolute Gasteiger partial charge is 0.0988 e. The van der Waals surface area contributed by atoms with Crippen LogP contribution in [-0.4, -0.2) is 9.97 Å². The van der Waals surface area contributed by atoms with Gasteiger partial charge in [0.25, 0.3) is 0 Å². The van der Waals surface area contributed by atoms with E-state index >= 15 is 0 Å². The molecule has 0 saturated carbocycles. The maximum absolute atomic E-state index is 5.11. The van der Waals surface area contributed by atoms with Gasteiger partial charge in [0.15, 0.2) is 0 Å². The van der Waals surface area contributed by atoms with Crippen LogP contribution in [0.5, 0.6) is 0 Å². The second kappa shape index (κ2) is 6.93. The Hall–Kier alpha value is -2.64. The second-order valence-corrected chi connectivity index (χ2v) is 12.6. The molecule has 32 heavy (non-hydrogen) atoms. The van der Waals surface area contributed by atoms with Crippen molar-refractivity contribution in [3.05, 3.63) is 70.4 Å². The van der Waals surface area contributed by atoms with Crippen molar-refractivity contribution in [3.63, 3.8) is 0 Å². The van der Waals surface area contributed by atoms with Crippen LogP contribution in [-0.2, 0) is 0 Å². The Bertz CT molecular complexity index is 1680. The zero-order chi connectivity index (χ0) is 21.4. The Labute approximate surface area is 200 Å². The van der Waals surface area contributed by atoms with Crippen molar-refractivity contribution >= 4 is 87.6 Å². The molecule has 0 radical (unpaired) electrons. The minimum Gasteiger partial charge on any atom is -0.244 e. The summed E-state index contributed by atoms with van der Waals surface area (Å²) in [6, 6.07) is 21.7. The Kier molecular flexibility index (Phi) is 4.09. The summed E-state index contributed by atoms with van der Waals surface area (Å²) in [7, 11) is 0. The number of rotatable bonds is 2. The van der Waals surface area contributed by atoms with Gasteiger partial charge in [-0.2, -0.15) is 0 Å². The van der Waals surface area contributed by atoms with Crippen LogP contribution in [0.25, 0.3) is 61.7 Å². The van der Waals surface area contributed by atoms with E-state index in [4.69, 9.17) is 9.97 Å². The Morgan fingerprint density at radius 2 is 1.00 bits per heavy atom. The molecule has 5 heterocycles. The van der Waals surface area contributed by atoms with Gasteiger partial charge in [-0.05, 0) is 62.4 Å². The van der Waals surface area contributed by atoms with E-state index in [9.17, 15) is 0 Å². The van der Waals surface area contributed by atoms with Crippen molar-refractivity contribution in [2.75, 3.05) is 0 Å². The molecule has 2 nitrogen and oxygen atoms in total. The highest BCUT2D eigenvalue weighted by Crippen LogP contribution is 2.48. The number of thiophene rings is 4. The molecule has 0 spiro atoms. The van der Waals surface area contributed by atoms with Gasteiger partial charge in [0, 0.05) is 40.0 Å². The molecule has 6 heteroatoms. The maximum Gasteiger partial charge on any atom is 0.0988 e. The number of nitrogens with zero attached hydrogens (tertiary/aromatic N) is 2. The third kappa shape index (κ3) is 2.80. The summed E-state index contributed by atoms with van der Waals surface area (Å²) in [5, 5.41) is 2.43. The summed E-state index contributed by atoms with van der Waals surface area (Å²) in [5.41, 5.74) is 3.91.